The van der Waals surface area contributed by atoms with Crippen LogP contribution in [0.4, 0.5) is 0 Å². The summed E-state index contributed by atoms with van der Waals surface area (Å²) in [6.07, 6.45) is 6.94. The van der Waals surface area contributed by atoms with Crippen molar-refractivity contribution in [2.75, 3.05) is 6.54 Å². The topological polar surface area (TPSA) is 51.0 Å². The Kier molecular flexibility index (Phi) is 4.54. The highest BCUT2D eigenvalue weighted by Gasteiger charge is 2.17. The molecule has 0 atom stereocenters. The molecule has 4 nitrogen and oxygen atoms in total. The number of nitrogens with zero attached hydrogens (tertiary/aromatic N) is 2. The highest BCUT2D eigenvalue weighted by Crippen LogP contribution is 2.29. The number of rotatable bonds is 5. The van der Waals surface area contributed by atoms with E-state index in [0.29, 0.717) is 0 Å². The lowest BCUT2D eigenvalue weighted by atomic mass is 9.81. The number of aryl methyl sites for hydroxylation is 1. The van der Waals surface area contributed by atoms with Gasteiger partial charge in [0.2, 0.25) is 0 Å². The minimum atomic E-state index is 0.776. The maximum Gasteiger partial charge on any atom is 0.121 e. The lowest BCUT2D eigenvalue weighted by Gasteiger charge is -2.26. The van der Waals surface area contributed by atoms with Crippen molar-refractivity contribution in [1.82, 2.24) is 15.6 Å². The van der Waals surface area contributed by atoms with Crippen LogP contribution in [0.3, 0.4) is 0 Å². The van der Waals surface area contributed by atoms with Crippen LogP contribution in [0.1, 0.15) is 50.4 Å². The van der Waals surface area contributed by atoms with Crippen LogP contribution in [0.2, 0.25) is 0 Å². The van der Waals surface area contributed by atoms with E-state index in [1.807, 2.05) is 6.92 Å². The van der Waals surface area contributed by atoms with Crippen LogP contribution in [0.5, 0.6) is 0 Å². The molecule has 17 heavy (non-hydrogen) atoms. The van der Waals surface area contributed by atoms with Crippen LogP contribution < -0.4 is 5.32 Å². The van der Waals surface area contributed by atoms with Crippen molar-refractivity contribution in [3.8, 4) is 0 Å². The lowest BCUT2D eigenvalue weighted by molar-refractivity contribution is 0.274. The highest BCUT2D eigenvalue weighted by atomic mass is 16.6. The zero-order chi connectivity index (χ0) is 12.1. The van der Waals surface area contributed by atoms with Crippen molar-refractivity contribution in [2.45, 2.75) is 52.5 Å². The second kappa shape index (κ2) is 6.15. The molecule has 1 aromatic heterocycles. The summed E-state index contributed by atoms with van der Waals surface area (Å²) >= 11 is 0. The molecule has 0 amide bonds. The fraction of sp³-hybridized carbons (Fsp3) is 0.846. The minimum Gasteiger partial charge on any atom is -0.311 e. The van der Waals surface area contributed by atoms with Crippen molar-refractivity contribution in [1.29, 1.82) is 0 Å². The molecule has 4 heteroatoms. The van der Waals surface area contributed by atoms with Gasteiger partial charge >= 0.3 is 0 Å². The number of hydrogen-bond acceptors (Lipinski definition) is 4. The van der Waals surface area contributed by atoms with Gasteiger partial charge in [-0.2, -0.15) is 0 Å². The zero-order valence-corrected chi connectivity index (χ0v) is 10.9. The van der Waals surface area contributed by atoms with Gasteiger partial charge in [-0.3, -0.25) is 0 Å². The van der Waals surface area contributed by atoms with E-state index in [1.165, 1.54) is 32.1 Å². The van der Waals surface area contributed by atoms with Crippen LogP contribution in [-0.2, 0) is 6.54 Å². The Balaban J connectivity index is 1.59. The molecule has 1 aliphatic rings. The molecule has 1 aliphatic carbocycles. The van der Waals surface area contributed by atoms with Gasteiger partial charge in [0.05, 0.1) is 0 Å². The van der Waals surface area contributed by atoms with Gasteiger partial charge in [-0.15, -0.1) is 0 Å². The Labute approximate surface area is 103 Å². The average Bonchev–Trinajstić information content (AvgIpc) is 2.73. The van der Waals surface area contributed by atoms with E-state index in [2.05, 4.69) is 27.2 Å². The van der Waals surface area contributed by atoms with Gasteiger partial charge in [0, 0.05) is 6.54 Å². The van der Waals surface area contributed by atoms with Gasteiger partial charge in [-0.25, -0.2) is 4.63 Å². The quantitative estimate of drug-likeness (QED) is 0.800. The molecule has 96 valence electrons. The number of hydrogen-bond donors (Lipinski definition) is 1. The molecule has 0 unspecified atom stereocenters. The third-order valence-corrected chi connectivity index (χ3v) is 3.90. The van der Waals surface area contributed by atoms with Crippen molar-refractivity contribution in [3.05, 3.63) is 11.4 Å². The van der Waals surface area contributed by atoms with Crippen molar-refractivity contribution >= 4 is 0 Å². The Morgan fingerprint density at radius 2 is 2.00 bits per heavy atom. The van der Waals surface area contributed by atoms with E-state index in [1.54, 1.807) is 0 Å². The summed E-state index contributed by atoms with van der Waals surface area (Å²) in [7, 11) is 0. The Hall–Kier alpha value is -0.900. The standard InChI is InChI=1S/C13H23N3O/c1-10-3-5-12(6-4-10)7-8-14-9-13-11(2)15-17-16-13/h10,12,14H,3-9H2,1-2H3. The van der Waals surface area contributed by atoms with Crippen LogP contribution in [0.25, 0.3) is 0 Å². The molecule has 0 radical (unpaired) electrons. The third-order valence-electron chi connectivity index (χ3n) is 3.90. The molecule has 0 spiro atoms. The summed E-state index contributed by atoms with van der Waals surface area (Å²) in [6, 6.07) is 0. The number of aromatic nitrogens is 2. The summed E-state index contributed by atoms with van der Waals surface area (Å²) in [4.78, 5) is 0. The molecule has 0 bridgehead atoms. The van der Waals surface area contributed by atoms with Crippen molar-refractivity contribution in [2.24, 2.45) is 11.8 Å². The summed E-state index contributed by atoms with van der Waals surface area (Å²) in [6.45, 7) is 6.15. The summed E-state index contributed by atoms with van der Waals surface area (Å²) in [5.41, 5.74) is 1.83. The normalized spacial score (nSPS) is 25.1. The molecule has 0 aliphatic heterocycles. The van der Waals surface area contributed by atoms with Gasteiger partial charge < -0.3 is 5.32 Å². The molecule has 0 saturated heterocycles. The zero-order valence-electron chi connectivity index (χ0n) is 10.9. The van der Waals surface area contributed by atoms with Crippen LogP contribution in [0.15, 0.2) is 4.63 Å². The molecule has 0 aromatic carbocycles. The molecular weight excluding hydrogens is 214 g/mol. The van der Waals surface area contributed by atoms with Gasteiger partial charge in [0.1, 0.15) is 11.4 Å². The molecule has 1 fully saturated rings. The monoisotopic (exact) mass is 237 g/mol. The Bertz CT molecular complexity index is 329. The summed E-state index contributed by atoms with van der Waals surface area (Å²) in [5.74, 6) is 1.87. The third kappa shape index (κ3) is 3.80. The SMILES string of the molecule is Cc1nonc1CNCCC1CCC(C)CC1. The van der Waals surface area contributed by atoms with Gasteiger partial charge in [-0.05, 0) is 31.7 Å². The van der Waals surface area contributed by atoms with E-state index in [-0.39, 0.29) is 0 Å². The maximum atomic E-state index is 4.66. The Morgan fingerprint density at radius 1 is 1.24 bits per heavy atom. The molecule has 1 heterocycles. The van der Waals surface area contributed by atoms with Gasteiger partial charge in [0.25, 0.3) is 0 Å². The van der Waals surface area contributed by atoms with Gasteiger partial charge in [-0.1, -0.05) is 42.9 Å². The van der Waals surface area contributed by atoms with Crippen molar-refractivity contribution < 1.29 is 4.63 Å². The molecule has 1 aromatic rings. The molecule has 1 saturated carbocycles. The van der Waals surface area contributed by atoms with Crippen LogP contribution >= 0.6 is 0 Å². The fourth-order valence-corrected chi connectivity index (χ4v) is 2.54. The first-order valence-corrected chi connectivity index (χ1v) is 6.74. The maximum absolute atomic E-state index is 4.66. The highest BCUT2D eigenvalue weighted by molar-refractivity contribution is 5.03. The summed E-state index contributed by atoms with van der Waals surface area (Å²) < 4.78 is 4.66. The van der Waals surface area contributed by atoms with E-state index in [0.717, 1.165) is 36.3 Å². The predicted molar refractivity (Wildman–Crippen MR) is 66.5 cm³/mol. The largest absolute Gasteiger partial charge is 0.311 e. The van der Waals surface area contributed by atoms with Crippen LogP contribution in [0, 0.1) is 18.8 Å². The van der Waals surface area contributed by atoms with Crippen molar-refractivity contribution in [3.63, 3.8) is 0 Å². The van der Waals surface area contributed by atoms with E-state index < -0.39 is 0 Å². The summed E-state index contributed by atoms with van der Waals surface area (Å²) in [5, 5.41) is 11.1. The predicted octanol–water partition coefficient (Wildman–Crippen LogP) is 2.68. The molecule has 1 N–H and O–H groups in total. The first kappa shape index (κ1) is 12.6. The second-order valence-electron chi connectivity index (χ2n) is 5.39. The smallest absolute Gasteiger partial charge is 0.121 e. The van der Waals surface area contributed by atoms with E-state index in [9.17, 15) is 0 Å². The first-order chi connectivity index (χ1) is 8.25. The lowest BCUT2D eigenvalue weighted by Crippen LogP contribution is -2.21. The van der Waals surface area contributed by atoms with E-state index in [4.69, 9.17) is 0 Å². The van der Waals surface area contributed by atoms with Gasteiger partial charge in [0.15, 0.2) is 0 Å². The fourth-order valence-electron chi connectivity index (χ4n) is 2.54. The Morgan fingerprint density at radius 3 is 2.65 bits per heavy atom. The average molecular weight is 237 g/mol. The first-order valence-electron chi connectivity index (χ1n) is 6.74. The molecular formula is C13H23N3O. The second-order valence-corrected chi connectivity index (χ2v) is 5.39. The molecule has 2 rings (SSSR count). The minimum absolute atomic E-state index is 0.776. The number of nitrogens with one attached hydrogen (secondary N) is 1. The van der Waals surface area contributed by atoms with Crippen LogP contribution in [-0.4, -0.2) is 16.9 Å². The van der Waals surface area contributed by atoms with E-state index >= 15 is 0 Å².